The van der Waals surface area contributed by atoms with Gasteiger partial charge in [0.25, 0.3) is 0 Å². The minimum absolute atomic E-state index is 0.277. The number of amides is 4. The second-order valence-electron chi connectivity index (χ2n) is 8.45. The lowest BCUT2D eigenvalue weighted by Gasteiger charge is -2.29. The molecule has 1 aliphatic rings. The number of rotatable bonds is 8. The quantitative estimate of drug-likeness (QED) is 0.419. The van der Waals surface area contributed by atoms with Gasteiger partial charge >= 0.3 is 12.1 Å². The van der Waals surface area contributed by atoms with E-state index in [9.17, 15) is 29.1 Å². The lowest BCUT2D eigenvalue weighted by molar-refractivity contribution is -0.149. The SMILES string of the molecule is CC(C)[C@H](NC(=O)CNC(=O)CNC(=O)OC(C)(C)C)C(=O)N1CCC[C@H]1C(=O)O. The summed E-state index contributed by atoms with van der Waals surface area (Å²) in [5.41, 5.74) is -0.701. The summed E-state index contributed by atoms with van der Waals surface area (Å²) < 4.78 is 5.00. The molecule has 2 atom stereocenters. The molecule has 0 bridgehead atoms. The van der Waals surface area contributed by atoms with Crippen LogP contribution < -0.4 is 16.0 Å². The van der Waals surface area contributed by atoms with Crippen LogP contribution in [0.25, 0.3) is 0 Å². The second-order valence-corrected chi connectivity index (χ2v) is 8.45. The molecule has 0 saturated carbocycles. The zero-order valence-corrected chi connectivity index (χ0v) is 18.1. The van der Waals surface area contributed by atoms with Crippen LogP contribution in [0.15, 0.2) is 0 Å². The number of carbonyl (C=O) groups excluding carboxylic acids is 4. The van der Waals surface area contributed by atoms with Crippen LogP contribution in [0.3, 0.4) is 0 Å². The molecule has 0 aromatic heterocycles. The molecule has 1 saturated heterocycles. The van der Waals surface area contributed by atoms with Gasteiger partial charge in [0, 0.05) is 6.54 Å². The van der Waals surface area contributed by atoms with Crippen molar-refractivity contribution in [2.75, 3.05) is 19.6 Å². The molecule has 0 spiro atoms. The topological polar surface area (TPSA) is 154 Å². The molecule has 1 heterocycles. The van der Waals surface area contributed by atoms with Crippen LogP contribution in [-0.2, 0) is 23.9 Å². The predicted molar refractivity (Wildman–Crippen MR) is 106 cm³/mol. The van der Waals surface area contributed by atoms with E-state index in [1.165, 1.54) is 4.90 Å². The van der Waals surface area contributed by atoms with Gasteiger partial charge in [-0.2, -0.15) is 0 Å². The second kappa shape index (κ2) is 10.8. The van der Waals surface area contributed by atoms with Gasteiger partial charge in [-0.3, -0.25) is 14.4 Å². The van der Waals surface area contributed by atoms with Gasteiger partial charge in [-0.1, -0.05) is 13.8 Å². The van der Waals surface area contributed by atoms with Gasteiger partial charge in [-0.25, -0.2) is 9.59 Å². The Morgan fingerprint density at radius 3 is 2.20 bits per heavy atom. The largest absolute Gasteiger partial charge is 0.480 e. The number of carbonyl (C=O) groups is 5. The van der Waals surface area contributed by atoms with Crippen molar-refractivity contribution in [2.45, 2.75) is 65.1 Å². The van der Waals surface area contributed by atoms with E-state index in [1.54, 1.807) is 34.6 Å². The van der Waals surface area contributed by atoms with Crippen molar-refractivity contribution in [2.24, 2.45) is 5.92 Å². The van der Waals surface area contributed by atoms with Crippen LogP contribution in [0, 0.1) is 5.92 Å². The Kier molecular flexibility index (Phi) is 9.06. The molecule has 4 N–H and O–H groups in total. The minimum atomic E-state index is -1.07. The van der Waals surface area contributed by atoms with Gasteiger partial charge in [0.1, 0.15) is 24.2 Å². The van der Waals surface area contributed by atoms with E-state index < -0.39 is 54.0 Å². The third-order valence-corrected chi connectivity index (χ3v) is 4.31. The highest BCUT2D eigenvalue weighted by Gasteiger charge is 2.38. The lowest BCUT2D eigenvalue weighted by Crippen LogP contribution is -2.55. The first-order valence-electron chi connectivity index (χ1n) is 9.88. The number of nitrogens with zero attached hydrogens (tertiary/aromatic N) is 1. The van der Waals surface area contributed by atoms with Crippen LogP contribution in [0.1, 0.15) is 47.5 Å². The third kappa shape index (κ3) is 8.26. The summed E-state index contributed by atoms with van der Waals surface area (Å²) in [7, 11) is 0. The number of carboxylic acids is 1. The molecule has 0 aromatic carbocycles. The van der Waals surface area contributed by atoms with Crippen LogP contribution in [0.2, 0.25) is 0 Å². The number of aliphatic carboxylic acids is 1. The Morgan fingerprint density at radius 2 is 1.67 bits per heavy atom. The molecule has 4 amide bonds. The first kappa shape index (κ1) is 25.2. The van der Waals surface area contributed by atoms with E-state index in [0.29, 0.717) is 19.4 Å². The maximum atomic E-state index is 12.8. The molecule has 11 heteroatoms. The average Bonchev–Trinajstić information content (AvgIpc) is 3.10. The molecule has 0 radical (unpaired) electrons. The fourth-order valence-corrected chi connectivity index (χ4v) is 2.91. The number of ether oxygens (including phenoxy) is 1. The normalized spacial score (nSPS) is 17.3. The van der Waals surface area contributed by atoms with E-state index in [0.717, 1.165) is 0 Å². The Balaban J connectivity index is 2.52. The first-order chi connectivity index (χ1) is 13.8. The van der Waals surface area contributed by atoms with Crippen molar-refractivity contribution in [3.05, 3.63) is 0 Å². The zero-order chi connectivity index (χ0) is 23.1. The molecular formula is C19H32N4O7. The summed E-state index contributed by atoms with van der Waals surface area (Å²) in [5, 5.41) is 16.4. The van der Waals surface area contributed by atoms with E-state index in [-0.39, 0.29) is 12.5 Å². The van der Waals surface area contributed by atoms with Crippen LogP contribution >= 0.6 is 0 Å². The summed E-state index contributed by atoms with van der Waals surface area (Å²) in [5.74, 6) is -3.01. The number of nitrogens with one attached hydrogen (secondary N) is 3. The molecule has 30 heavy (non-hydrogen) atoms. The van der Waals surface area contributed by atoms with Crippen molar-refractivity contribution in [3.63, 3.8) is 0 Å². The monoisotopic (exact) mass is 428 g/mol. The van der Waals surface area contributed by atoms with Gasteiger partial charge in [0.15, 0.2) is 0 Å². The van der Waals surface area contributed by atoms with Gasteiger partial charge in [0.05, 0.1) is 6.54 Å². The summed E-state index contributed by atoms with van der Waals surface area (Å²) in [4.78, 5) is 60.9. The highest BCUT2D eigenvalue weighted by atomic mass is 16.6. The van der Waals surface area contributed by atoms with Crippen molar-refractivity contribution < 1.29 is 33.8 Å². The Labute approximate surface area is 175 Å². The van der Waals surface area contributed by atoms with E-state index in [2.05, 4.69) is 16.0 Å². The maximum absolute atomic E-state index is 12.8. The molecule has 1 fully saturated rings. The number of alkyl carbamates (subject to hydrolysis) is 1. The first-order valence-corrected chi connectivity index (χ1v) is 9.88. The summed E-state index contributed by atoms with van der Waals surface area (Å²) in [6.45, 7) is 8.08. The van der Waals surface area contributed by atoms with Gasteiger partial charge < -0.3 is 30.7 Å². The molecular weight excluding hydrogens is 396 g/mol. The maximum Gasteiger partial charge on any atom is 0.408 e. The highest BCUT2D eigenvalue weighted by Crippen LogP contribution is 2.20. The molecule has 11 nitrogen and oxygen atoms in total. The summed E-state index contributed by atoms with van der Waals surface area (Å²) >= 11 is 0. The number of hydrogen-bond acceptors (Lipinski definition) is 6. The van der Waals surface area contributed by atoms with Crippen molar-refractivity contribution in [3.8, 4) is 0 Å². The highest BCUT2D eigenvalue weighted by molar-refractivity contribution is 5.92. The van der Waals surface area contributed by atoms with Crippen LogP contribution in [0.4, 0.5) is 4.79 Å². The van der Waals surface area contributed by atoms with Crippen LogP contribution in [0.5, 0.6) is 0 Å². The molecule has 170 valence electrons. The standard InChI is InChI=1S/C19H32N4O7/c1-11(2)15(16(26)23-8-6-7-12(23)17(27)28)22-14(25)10-20-13(24)9-21-18(29)30-19(3,4)5/h11-12,15H,6-10H2,1-5H3,(H,20,24)(H,21,29)(H,22,25)(H,27,28)/t12-,15-/m0/s1. The fourth-order valence-electron chi connectivity index (χ4n) is 2.91. The van der Waals surface area contributed by atoms with E-state index >= 15 is 0 Å². The Hall–Kier alpha value is -2.85. The zero-order valence-electron chi connectivity index (χ0n) is 18.1. The average molecular weight is 428 g/mol. The number of carboxylic acid groups (broad SMARTS) is 1. The lowest BCUT2D eigenvalue weighted by atomic mass is 10.0. The van der Waals surface area contributed by atoms with E-state index in [4.69, 9.17) is 4.74 Å². The molecule has 0 aliphatic carbocycles. The predicted octanol–water partition coefficient (Wildman–Crippen LogP) is -0.156. The van der Waals surface area contributed by atoms with E-state index in [1.807, 2.05) is 0 Å². The summed E-state index contributed by atoms with van der Waals surface area (Å²) in [6.07, 6.45) is 0.203. The molecule has 0 unspecified atom stereocenters. The van der Waals surface area contributed by atoms with Gasteiger partial charge in [0.2, 0.25) is 17.7 Å². The molecule has 1 aliphatic heterocycles. The molecule has 1 rings (SSSR count). The van der Waals surface area contributed by atoms with Gasteiger partial charge in [-0.05, 0) is 39.5 Å². The van der Waals surface area contributed by atoms with Gasteiger partial charge in [-0.15, -0.1) is 0 Å². The summed E-state index contributed by atoms with van der Waals surface area (Å²) in [6, 6.07) is -1.80. The number of likely N-dealkylation sites (tertiary alicyclic amines) is 1. The molecule has 0 aromatic rings. The smallest absolute Gasteiger partial charge is 0.408 e. The Bertz CT molecular complexity index is 672. The third-order valence-electron chi connectivity index (χ3n) is 4.31. The number of hydrogen-bond donors (Lipinski definition) is 4. The Morgan fingerprint density at radius 1 is 1.07 bits per heavy atom. The van der Waals surface area contributed by atoms with Crippen LogP contribution in [-0.4, -0.2) is 77.1 Å². The fraction of sp³-hybridized carbons (Fsp3) is 0.737. The van der Waals surface area contributed by atoms with Crippen molar-refractivity contribution in [1.82, 2.24) is 20.9 Å². The minimum Gasteiger partial charge on any atom is -0.480 e. The van der Waals surface area contributed by atoms with Crippen molar-refractivity contribution >= 4 is 29.8 Å². The van der Waals surface area contributed by atoms with Crippen molar-refractivity contribution in [1.29, 1.82) is 0 Å².